The van der Waals surface area contributed by atoms with Gasteiger partial charge in [0, 0.05) is 11.8 Å². The molecule has 1 aliphatic carbocycles. The van der Waals surface area contributed by atoms with E-state index < -0.39 is 0 Å². The summed E-state index contributed by atoms with van der Waals surface area (Å²) >= 11 is 1.90. The van der Waals surface area contributed by atoms with Crippen LogP contribution in [-0.2, 0) is 18.1 Å². The molecule has 0 bridgehead atoms. The van der Waals surface area contributed by atoms with Crippen molar-refractivity contribution in [1.82, 2.24) is 5.32 Å². The summed E-state index contributed by atoms with van der Waals surface area (Å²) < 4.78 is 5.82. The van der Waals surface area contributed by atoms with Crippen LogP contribution in [0.3, 0.4) is 0 Å². The first-order valence-electron chi connectivity index (χ1n) is 6.83. The lowest BCUT2D eigenvalue weighted by atomic mass is 10.2. The maximum absolute atomic E-state index is 5.82. The highest BCUT2D eigenvalue weighted by atomic mass is 32.2. The van der Waals surface area contributed by atoms with E-state index in [1.807, 2.05) is 11.8 Å². The smallest absolute Gasteiger partial charge is 0.118 e. The summed E-state index contributed by atoms with van der Waals surface area (Å²) in [5, 5.41) is 3.47. The van der Waals surface area contributed by atoms with Gasteiger partial charge in [0.05, 0.1) is 12.3 Å². The van der Waals surface area contributed by atoms with Crippen LogP contribution in [0.1, 0.15) is 29.9 Å². The summed E-state index contributed by atoms with van der Waals surface area (Å²) in [5.41, 5.74) is 1.37. The number of hydrogen-bond donors (Lipinski definition) is 1. The van der Waals surface area contributed by atoms with Crippen molar-refractivity contribution in [3.05, 3.63) is 59.5 Å². The zero-order valence-corrected chi connectivity index (χ0v) is 11.8. The molecule has 1 aliphatic rings. The molecule has 0 aliphatic heterocycles. The lowest BCUT2D eigenvalue weighted by molar-refractivity contribution is 0.458. The summed E-state index contributed by atoms with van der Waals surface area (Å²) in [5.74, 6) is 4.12. The number of benzene rings is 1. The number of thioether (sulfide) groups is 1. The zero-order valence-electron chi connectivity index (χ0n) is 11.0. The quantitative estimate of drug-likeness (QED) is 0.826. The minimum absolute atomic E-state index is 0.737. The van der Waals surface area contributed by atoms with Gasteiger partial charge in [0.15, 0.2) is 0 Å². The molecular weight excluding hydrogens is 254 g/mol. The van der Waals surface area contributed by atoms with E-state index >= 15 is 0 Å². The van der Waals surface area contributed by atoms with Crippen molar-refractivity contribution in [2.75, 3.05) is 0 Å². The molecule has 19 heavy (non-hydrogen) atoms. The summed E-state index contributed by atoms with van der Waals surface area (Å²) in [4.78, 5) is 0. The van der Waals surface area contributed by atoms with E-state index in [2.05, 4.69) is 47.8 Å². The Kier molecular flexibility index (Phi) is 4.26. The van der Waals surface area contributed by atoms with Crippen LogP contribution in [0.5, 0.6) is 0 Å². The Morgan fingerprint density at radius 2 is 1.79 bits per heavy atom. The fourth-order valence-electron chi connectivity index (χ4n) is 1.97. The summed E-state index contributed by atoms with van der Waals surface area (Å²) in [6, 6.07) is 15.5. The lowest BCUT2D eigenvalue weighted by Gasteiger charge is -2.01. The van der Waals surface area contributed by atoms with E-state index in [0.717, 1.165) is 35.6 Å². The summed E-state index contributed by atoms with van der Waals surface area (Å²) in [6.07, 6.45) is 2.64. The van der Waals surface area contributed by atoms with Gasteiger partial charge in [0.2, 0.25) is 0 Å². The minimum Gasteiger partial charge on any atom is -0.464 e. The average molecular weight is 273 g/mol. The first-order valence-corrected chi connectivity index (χ1v) is 7.98. The van der Waals surface area contributed by atoms with Crippen LogP contribution in [0.2, 0.25) is 0 Å². The molecule has 0 radical (unpaired) electrons. The van der Waals surface area contributed by atoms with Crippen LogP contribution >= 0.6 is 11.8 Å². The van der Waals surface area contributed by atoms with Crippen molar-refractivity contribution in [2.24, 2.45) is 0 Å². The number of hydrogen-bond acceptors (Lipinski definition) is 3. The zero-order chi connectivity index (χ0) is 12.9. The molecule has 0 atom stereocenters. The van der Waals surface area contributed by atoms with Crippen molar-refractivity contribution in [1.29, 1.82) is 0 Å². The fraction of sp³-hybridized carbons (Fsp3) is 0.375. The molecule has 0 saturated heterocycles. The van der Waals surface area contributed by atoms with E-state index in [1.165, 1.54) is 18.4 Å². The Morgan fingerprint density at radius 3 is 2.58 bits per heavy atom. The fourth-order valence-corrected chi connectivity index (χ4v) is 2.86. The van der Waals surface area contributed by atoms with Crippen molar-refractivity contribution < 1.29 is 4.42 Å². The average Bonchev–Trinajstić information content (AvgIpc) is 3.17. The molecule has 2 nitrogen and oxygen atoms in total. The van der Waals surface area contributed by atoms with Gasteiger partial charge in [-0.05, 0) is 30.5 Å². The van der Waals surface area contributed by atoms with Crippen LogP contribution < -0.4 is 5.32 Å². The molecule has 1 aromatic carbocycles. The third-order valence-corrected chi connectivity index (χ3v) is 4.24. The van der Waals surface area contributed by atoms with Crippen LogP contribution in [0.15, 0.2) is 46.9 Å². The van der Waals surface area contributed by atoms with E-state index in [1.54, 1.807) is 0 Å². The molecule has 1 saturated carbocycles. The third-order valence-electron chi connectivity index (χ3n) is 3.22. The van der Waals surface area contributed by atoms with Crippen molar-refractivity contribution in [3.8, 4) is 0 Å². The largest absolute Gasteiger partial charge is 0.464 e. The molecule has 100 valence electrons. The van der Waals surface area contributed by atoms with Crippen molar-refractivity contribution in [2.45, 2.75) is 36.9 Å². The lowest BCUT2D eigenvalue weighted by Crippen LogP contribution is -2.14. The Bertz CT molecular complexity index is 504. The van der Waals surface area contributed by atoms with Crippen LogP contribution in [-0.4, -0.2) is 6.04 Å². The topological polar surface area (TPSA) is 25.2 Å². The Balaban J connectivity index is 1.42. The molecule has 1 fully saturated rings. The molecule has 0 unspecified atom stereocenters. The minimum atomic E-state index is 0.737. The summed E-state index contributed by atoms with van der Waals surface area (Å²) in [6.45, 7) is 0.869. The van der Waals surface area contributed by atoms with Crippen LogP contribution in [0.25, 0.3) is 0 Å². The van der Waals surface area contributed by atoms with E-state index in [9.17, 15) is 0 Å². The van der Waals surface area contributed by atoms with Gasteiger partial charge in [-0.25, -0.2) is 0 Å². The predicted molar refractivity (Wildman–Crippen MR) is 80.0 cm³/mol. The predicted octanol–water partition coefficient (Wildman–Crippen LogP) is 3.97. The normalized spacial score (nSPS) is 14.7. The second-order valence-corrected chi connectivity index (χ2v) is 5.99. The van der Waals surface area contributed by atoms with Gasteiger partial charge in [-0.3, -0.25) is 0 Å². The second-order valence-electron chi connectivity index (χ2n) is 5.00. The molecule has 1 N–H and O–H groups in total. The molecule has 1 aromatic heterocycles. The monoisotopic (exact) mass is 273 g/mol. The molecule has 2 aromatic rings. The molecular formula is C16H19NOS. The summed E-state index contributed by atoms with van der Waals surface area (Å²) in [7, 11) is 0. The molecule has 0 spiro atoms. The van der Waals surface area contributed by atoms with E-state index in [4.69, 9.17) is 4.42 Å². The molecule has 1 heterocycles. The highest BCUT2D eigenvalue weighted by Crippen LogP contribution is 2.21. The van der Waals surface area contributed by atoms with Gasteiger partial charge in [-0.1, -0.05) is 30.3 Å². The highest BCUT2D eigenvalue weighted by Gasteiger charge is 2.20. The van der Waals surface area contributed by atoms with Gasteiger partial charge in [-0.2, -0.15) is 0 Å². The van der Waals surface area contributed by atoms with Crippen LogP contribution in [0.4, 0.5) is 0 Å². The maximum atomic E-state index is 5.82. The van der Waals surface area contributed by atoms with E-state index in [0.29, 0.717) is 0 Å². The van der Waals surface area contributed by atoms with Crippen molar-refractivity contribution >= 4 is 11.8 Å². The third kappa shape index (κ3) is 4.15. The van der Waals surface area contributed by atoms with Gasteiger partial charge < -0.3 is 9.73 Å². The standard InChI is InChI=1S/C16H19NOS/c1-2-4-13(5-3-1)11-19-12-16-9-8-15(18-16)10-17-14-6-7-14/h1-5,8-9,14,17H,6-7,10-12H2. The maximum Gasteiger partial charge on any atom is 0.118 e. The van der Waals surface area contributed by atoms with Gasteiger partial charge >= 0.3 is 0 Å². The molecule has 3 heteroatoms. The first kappa shape index (κ1) is 12.8. The Morgan fingerprint density at radius 1 is 1.00 bits per heavy atom. The number of furan rings is 1. The highest BCUT2D eigenvalue weighted by molar-refractivity contribution is 7.97. The number of nitrogens with one attached hydrogen (secondary N) is 1. The Hall–Kier alpha value is -1.19. The molecule has 0 amide bonds. The number of rotatable bonds is 7. The van der Waals surface area contributed by atoms with Gasteiger partial charge in [-0.15, -0.1) is 11.8 Å². The van der Waals surface area contributed by atoms with Gasteiger partial charge in [0.1, 0.15) is 11.5 Å². The van der Waals surface area contributed by atoms with Crippen molar-refractivity contribution in [3.63, 3.8) is 0 Å². The van der Waals surface area contributed by atoms with Crippen LogP contribution in [0, 0.1) is 0 Å². The Labute approximate surface area is 118 Å². The first-order chi connectivity index (χ1) is 9.40. The molecule has 3 rings (SSSR count). The SMILES string of the molecule is c1ccc(CSCc2ccc(CNC3CC3)o2)cc1. The van der Waals surface area contributed by atoms with E-state index in [-0.39, 0.29) is 0 Å². The second kappa shape index (κ2) is 6.31. The van der Waals surface area contributed by atoms with Gasteiger partial charge in [0.25, 0.3) is 0 Å².